The lowest BCUT2D eigenvalue weighted by atomic mass is 9.76. The molecule has 1 N–H and O–H groups in total. The van der Waals surface area contributed by atoms with Crippen LogP contribution in [-0.2, 0) is 16.2 Å². The van der Waals surface area contributed by atoms with E-state index in [-0.39, 0.29) is 46.4 Å². The van der Waals surface area contributed by atoms with E-state index >= 15 is 0 Å². The molecule has 266 valence electrons. The third-order valence-corrected chi connectivity index (χ3v) is 10.5. The maximum atomic E-state index is 14.3. The molecule has 3 heterocycles. The molecule has 3 aliphatic rings. The number of hydrogen-bond acceptors (Lipinski definition) is 6. The molecule has 8 nitrogen and oxygen atoms in total. The van der Waals surface area contributed by atoms with Crippen LogP contribution in [0, 0.1) is 5.82 Å². The van der Waals surface area contributed by atoms with Crippen LogP contribution in [-0.4, -0.2) is 38.0 Å². The van der Waals surface area contributed by atoms with Crippen molar-refractivity contribution < 1.29 is 28.2 Å². The van der Waals surface area contributed by atoms with Gasteiger partial charge in [-0.25, -0.2) is 14.1 Å². The number of carbonyl (C=O) groups excluding carboxylic acids is 3. The van der Waals surface area contributed by atoms with Gasteiger partial charge in [-0.3, -0.25) is 14.9 Å². The lowest BCUT2D eigenvalue weighted by Crippen LogP contribution is -2.54. The molecule has 3 aliphatic heterocycles. The normalized spacial score (nSPS) is 18.8. The van der Waals surface area contributed by atoms with Gasteiger partial charge >= 0.3 is 6.03 Å². The van der Waals surface area contributed by atoms with E-state index in [1.54, 1.807) is 24.3 Å². The van der Waals surface area contributed by atoms with Crippen LogP contribution in [0.5, 0.6) is 11.5 Å². The van der Waals surface area contributed by atoms with Gasteiger partial charge in [-0.05, 0) is 88.7 Å². The number of nitrogens with zero attached hydrogens (tertiary/aromatic N) is 2. The van der Waals surface area contributed by atoms with Crippen molar-refractivity contribution in [2.45, 2.75) is 31.3 Å². The molecule has 1 saturated heterocycles. The third-order valence-electron chi connectivity index (χ3n) is 10.2. The maximum absolute atomic E-state index is 14.3. The van der Waals surface area contributed by atoms with Crippen molar-refractivity contribution in [3.05, 3.63) is 159 Å². The standard InChI is InChI=1S/C43H35ClFN3O5/c1-52-38-22-27(21-37(44)40(38)53-25-26-12-14-30(45)15-13-26)20-36-41(49)46-43(51)48(42(36)50)31-23-34-32(28-8-4-2-5-9-28)16-18-47-19-17-33(35(24-31)39(34)47)29-10-6-3-7-11-29/h2-15,20-24,32-33H,16-19,25H2,1H3,(H,46,49,51)/b36-20+/t32-,33-/m0/s1. The smallest absolute Gasteiger partial charge is 0.335 e. The average molecular weight is 728 g/mol. The maximum Gasteiger partial charge on any atom is 0.335 e. The van der Waals surface area contributed by atoms with Crippen molar-refractivity contribution in [1.29, 1.82) is 0 Å². The first kappa shape index (κ1) is 34.2. The Labute approximate surface area is 311 Å². The van der Waals surface area contributed by atoms with E-state index in [9.17, 15) is 18.8 Å². The predicted molar refractivity (Wildman–Crippen MR) is 202 cm³/mol. The van der Waals surface area contributed by atoms with Crippen LogP contribution < -0.4 is 24.6 Å². The number of carbonyl (C=O) groups is 3. The Morgan fingerprint density at radius 3 is 2.02 bits per heavy atom. The summed E-state index contributed by atoms with van der Waals surface area (Å²) >= 11 is 6.64. The van der Waals surface area contributed by atoms with Crippen LogP contribution in [0.4, 0.5) is 20.6 Å². The molecule has 0 bridgehead atoms. The molecule has 0 aromatic heterocycles. The van der Waals surface area contributed by atoms with Crippen molar-refractivity contribution in [3.8, 4) is 11.5 Å². The van der Waals surface area contributed by atoms with Crippen molar-refractivity contribution >= 4 is 46.9 Å². The lowest BCUT2D eigenvalue weighted by Gasteiger charge is -2.44. The van der Waals surface area contributed by atoms with E-state index in [0.29, 0.717) is 11.3 Å². The van der Waals surface area contributed by atoms with Crippen LogP contribution in [0.15, 0.2) is 115 Å². The minimum atomic E-state index is -0.822. The second-order valence-electron chi connectivity index (χ2n) is 13.4. The van der Waals surface area contributed by atoms with E-state index in [1.807, 2.05) is 48.5 Å². The average Bonchev–Trinajstić information content (AvgIpc) is 3.17. The van der Waals surface area contributed by atoms with E-state index in [2.05, 4.69) is 34.5 Å². The van der Waals surface area contributed by atoms with Crippen LogP contribution in [0.1, 0.15) is 58.1 Å². The van der Waals surface area contributed by atoms with Gasteiger partial charge in [0.2, 0.25) is 0 Å². The number of amides is 4. The van der Waals surface area contributed by atoms with Gasteiger partial charge in [-0.15, -0.1) is 0 Å². The van der Waals surface area contributed by atoms with Gasteiger partial charge in [0.1, 0.15) is 18.0 Å². The van der Waals surface area contributed by atoms with E-state index in [4.69, 9.17) is 21.1 Å². The van der Waals surface area contributed by atoms with Gasteiger partial charge in [0, 0.05) is 30.6 Å². The van der Waals surface area contributed by atoms with Crippen molar-refractivity contribution in [1.82, 2.24) is 5.32 Å². The first-order valence-electron chi connectivity index (χ1n) is 17.5. The molecule has 4 amide bonds. The number of urea groups is 1. The van der Waals surface area contributed by atoms with E-state index in [1.165, 1.54) is 25.3 Å². The lowest BCUT2D eigenvalue weighted by molar-refractivity contribution is -0.122. The summed E-state index contributed by atoms with van der Waals surface area (Å²) in [6.45, 7) is 1.89. The molecule has 5 aromatic rings. The predicted octanol–water partition coefficient (Wildman–Crippen LogP) is 8.61. The number of nitrogens with one attached hydrogen (secondary N) is 1. The van der Waals surface area contributed by atoms with Crippen LogP contribution in [0.2, 0.25) is 5.02 Å². The molecule has 0 unspecified atom stereocenters. The van der Waals surface area contributed by atoms with E-state index in [0.717, 1.165) is 64.3 Å². The minimum absolute atomic E-state index is 0.0497. The molecule has 2 atom stereocenters. The highest BCUT2D eigenvalue weighted by Crippen LogP contribution is 2.50. The number of ether oxygens (including phenoxy) is 2. The third kappa shape index (κ3) is 6.53. The zero-order chi connectivity index (χ0) is 36.6. The number of rotatable bonds is 8. The first-order valence-corrected chi connectivity index (χ1v) is 17.9. The first-order chi connectivity index (χ1) is 25.8. The highest BCUT2D eigenvalue weighted by Gasteiger charge is 2.40. The second-order valence-corrected chi connectivity index (χ2v) is 13.8. The molecule has 0 spiro atoms. The van der Waals surface area contributed by atoms with Gasteiger partial charge < -0.3 is 14.4 Å². The number of benzene rings is 5. The van der Waals surface area contributed by atoms with Gasteiger partial charge in [-0.1, -0.05) is 84.4 Å². The molecule has 5 aromatic carbocycles. The van der Waals surface area contributed by atoms with Crippen LogP contribution >= 0.6 is 11.6 Å². The number of hydrogen-bond donors (Lipinski definition) is 1. The van der Waals surface area contributed by atoms with Gasteiger partial charge in [0.05, 0.1) is 17.8 Å². The molecular formula is C43H35ClFN3O5. The Morgan fingerprint density at radius 2 is 1.43 bits per heavy atom. The Morgan fingerprint density at radius 1 is 0.830 bits per heavy atom. The fraction of sp³-hybridized carbons (Fsp3) is 0.186. The summed E-state index contributed by atoms with van der Waals surface area (Å²) < 4.78 is 24.9. The molecule has 8 rings (SSSR count). The highest BCUT2D eigenvalue weighted by atomic mass is 35.5. The van der Waals surface area contributed by atoms with Crippen molar-refractivity contribution in [2.24, 2.45) is 0 Å². The summed E-state index contributed by atoms with van der Waals surface area (Å²) in [6, 6.07) is 32.7. The zero-order valence-corrected chi connectivity index (χ0v) is 29.6. The SMILES string of the molecule is COc1cc(/C=C2\C(=O)NC(=O)N(c3cc4c5c(c3)[C@H](c3ccccc3)CCN5CC[C@H]4c3ccccc3)C2=O)cc(Cl)c1OCc1ccc(F)cc1. The second kappa shape index (κ2) is 14.2. The summed E-state index contributed by atoms with van der Waals surface area (Å²) in [4.78, 5) is 44.7. The summed E-state index contributed by atoms with van der Waals surface area (Å²) in [5, 5.41) is 2.56. The summed E-state index contributed by atoms with van der Waals surface area (Å²) in [5.41, 5.74) is 6.83. The Hall–Kier alpha value is -5.93. The van der Waals surface area contributed by atoms with Gasteiger partial charge in [0.25, 0.3) is 11.8 Å². The van der Waals surface area contributed by atoms with Crippen LogP contribution in [0.25, 0.3) is 6.08 Å². The number of barbiturate groups is 1. The number of methoxy groups -OCH3 is 1. The van der Waals surface area contributed by atoms with Gasteiger partial charge in [-0.2, -0.15) is 0 Å². The number of halogens is 2. The van der Waals surface area contributed by atoms with Crippen LogP contribution in [0.3, 0.4) is 0 Å². The topological polar surface area (TPSA) is 88.2 Å². The summed E-state index contributed by atoms with van der Waals surface area (Å²) in [7, 11) is 1.45. The summed E-state index contributed by atoms with van der Waals surface area (Å²) in [5.74, 6) is -1.33. The monoisotopic (exact) mass is 727 g/mol. The molecule has 10 heteroatoms. The molecule has 1 fully saturated rings. The van der Waals surface area contributed by atoms with Gasteiger partial charge in [0.15, 0.2) is 11.5 Å². The van der Waals surface area contributed by atoms with Crippen molar-refractivity contribution in [3.63, 3.8) is 0 Å². The molecular weight excluding hydrogens is 693 g/mol. The number of imide groups is 2. The minimum Gasteiger partial charge on any atom is -0.493 e. The fourth-order valence-electron chi connectivity index (χ4n) is 7.73. The van der Waals surface area contributed by atoms with Crippen molar-refractivity contribution in [2.75, 3.05) is 30.0 Å². The Kier molecular flexibility index (Phi) is 9.18. The number of anilines is 2. The molecule has 0 saturated carbocycles. The summed E-state index contributed by atoms with van der Waals surface area (Å²) in [6.07, 6.45) is 3.15. The zero-order valence-electron chi connectivity index (χ0n) is 28.9. The molecule has 0 aliphatic carbocycles. The van der Waals surface area contributed by atoms with E-state index < -0.39 is 17.8 Å². The highest BCUT2D eigenvalue weighted by molar-refractivity contribution is 6.39. The molecule has 0 radical (unpaired) electrons. The Bertz CT molecular complexity index is 2190. The largest absolute Gasteiger partial charge is 0.493 e. The Balaban J connectivity index is 1.18. The fourth-order valence-corrected chi connectivity index (χ4v) is 8.00. The quantitative estimate of drug-likeness (QED) is 0.127. The molecule has 53 heavy (non-hydrogen) atoms.